The molecule has 0 radical (unpaired) electrons. The number of carbonyl (C=O) groups is 1. The van der Waals surface area contributed by atoms with Crippen LogP contribution in [0.1, 0.15) is 32.1 Å². The van der Waals surface area contributed by atoms with E-state index in [4.69, 9.17) is 0 Å². The molecular formula is C13H23N3O. The molecule has 1 amide bonds. The molecule has 3 rings (SSSR count). The Morgan fingerprint density at radius 3 is 2.53 bits per heavy atom. The zero-order valence-electron chi connectivity index (χ0n) is 10.5. The first kappa shape index (κ1) is 11.5. The highest BCUT2D eigenvalue weighted by molar-refractivity contribution is 5.84. The second kappa shape index (κ2) is 4.94. The lowest BCUT2D eigenvalue weighted by molar-refractivity contribution is -0.129. The van der Waals surface area contributed by atoms with Gasteiger partial charge < -0.3 is 15.1 Å². The first-order valence-corrected chi connectivity index (χ1v) is 7.10. The molecule has 3 fully saturated rings. The van der Waals surface area contributed by atoms with Gasteiger partial charge in [-0.15, -0.1) is 0 Å². The molecule has 0 spiro atoms. The fourth-order valence-electron chi connectivity index (χ4n) is 2.92. The summed E-state index contributed by atoms with van der Waals surface area (Å²) in [4.78, 5) is 16.7. The molecule has 1 aliphatic carbocycles. The van der Waals surface area contributed by atoms with Crippen LogP contribution < -0.4 is 5.32 Å². The Bertz CT molecular complexity index is 284. The first-order chi connectivity index (χ1) is 8.33. The van der Waals surface area contributed by atoms with Gasteiger partial charge in [-0.25, -0.2) is 0 Å². The Hall–Kier alpha value is -0.610. The number of amides is 1. The van der Waals surface area contributed by atoms with Crippen molar-refractivity contribution in [2.45, 2.75) is 44.2 Å². The molecule has 0 aromatic heterocycles. The van der Waals surface area contributed by atoms with E-state index in [-0.39, 0.29) is 6.04 Å². The maximum absolute atomic E-state index is 12.1. The highest BCUT2D eigenvalue weighted by Gasteiger charge is 2.35. The second-order valence-electron chi connectivity index (χ2n) is 5.66. The van der Waals surface area contributed by atoms with Crippen LogP contribution in [-0.4, -0.2) is 60.5 Å². The minimum Gasteiger partial charge on any atom is -0.340 e. The fourth-order valence-corrected chi connectivity index (χ4v) is 2.92. The van der Waals surface area contributed by atoms with Crippen LogP contribution in [0.15, 0.2) is 0 Å². The average Bonchev–Trinajstić information content (AvgIpc) is 2.86. The quantitative estimate of drug-likeness (QED) is 0.753. The third kappa shape index (κ3) is 2.80. The van der Waals surface area contributed by atoms with Crippen LogP contribution in [0.4, 0.5) is 0 Å². The molecule has 3 aliphatic rings. The standard InChI is InChI=1S/C13H23N3O/c17-13-12(14-11-3-4-11)5-8-16(13)10-9-15-6-1-2-7-15/h11-12,14H,1-10H2. The van der Waals surface area contributed by atoms with Crippen LogP contribution in [0.5, 0.6) is 0 Å². The molecule has 4 heteroatoms. The van der Waals surface area contributed by atoms with E-state index in [0.717, 1.165) is 26.1 Å². The summed E-state index contributed by atoms with van der Waals surface area (Å²) in [6.45, 7) is 5.41. The zero-order valence-corrected chi connectivity index (χ0v) is 10.5. The van der Waals surface area contributed by atoms with Crippen molar-refractivity contribution in [3.05, 3.63) is 0 Å². The first-order valence-electron chi connectivity index (χ1n) is 7.10. The van der Waals surface area contributed by atoms with E-state index in [1.54, 1.807) is 0 Å². The monoisotopic (exact) mass is 237 g/mol. The van der Waals surface area contributed by atoms with Gasteiger partial charge in [0.1, 0.15) is 0 Å². The Kier molecular flexibility index (Phi) is 3.34. The summed E-state index contributed by atoms with van der Waals surface area (Å²) in [5.41, 5.74) is 0. The third-order valence-corrected chi connectivity index (χ3v) is 4.20. The van der Waals surface area contributed by atoms with Crippen LogP contribution in [0.25, 0.3) is 0 Å². The number of hydrogen-bond acceptors (Lipinski definition) is 3. The molecule has 1 saturated carbocycles. The Balaban J connectivity index is 1.42. The van der Waals surface area contributed by atoms with Crippen molar-refractivity contribution < 1.29 is 4.79 Å². The summed E-state index contributed by atoms with van der Waals surface area (Å²) < 4.78 is 0. The highest BCUT2D eigenvalue weighted by atomic mass is 16.2. The lowest BCUT2D eigenvalue weighted by atomic mass is 10.2. The number of nitrogens with one attached hydrogen (secondary N) is 1. The molecular weight excluding hydrogens is 214 g/mol. The predicted molar refractivity (Wildman–Crippen MR) is 66.8 cm³/mol. The van der Waals surface area contributed by atoms with Crippen molar-refractivity contribution in [2.24, 2.45) is 0 Å². The van der Waals surface area contributed by atoms with Gasteiger partial charge in [0.2, 0.25) is 5.91 Å². The summed E-state index contributed by atoms with van der Waals surface area (Å²) in [5, 5.41) is 3.46. The highest BCUT2D eigenvalue weighted by Crippen LogP contribution is 2.22. The number of carbonyl (C=O) groups excluding carboxylic acids is 1. The smallest absolute Gasteiger partial charge is 0.239 e. The van der Waals surface area contributed by atoms with Gasteiger partial charge in [0.05, 0.1) is 6.04 Å². The van der Waals surface area contributed by atoms with Crippen molar-refractivity contribution in [3.63, 3.8) is 0 Å². The number of nitrogens with zero attached hydrogens (tertiary/aromatic N) is 2. The van der Waals surface area contributed by atoms with Gasteiger partial charge >= 0.3 is 0 Å². The maximum atomic E-state index is 12.1. The molecule has 2 saturated heterocycles. The molecule has 2 heterocycles. The van der Waals surface area contributed by atoms with E-state index < -0.39 is 0 Å². The maximum Gasteiger partial charge on any atom is 0.239 e. The normalized spacial score (nSPS) is 30.5. The Labute approximate surface area is 103 Å². The number of rotatable bonds is 5. The van der Waals surface area contributed by atoms with E-state index in [2.05, 4.69) is 15.1 Å². The topological polar surface area (TPSA) is 35.6 Å². The van der Waals surface area contributed by atoms with Crippen molar-refractivity contribution in [1.82, 2.24) is 15.1 Å². The molecule has 0 aromatic rings. The van der Waals surface area contributed by atoms with Gasteiger partial charge in [-0.2, -0.15) is 0 Å². The molecule has 96 valence electrons. The number of likely N-dealkylation sites (tertiary alicyclic amines) is 2. The molecule has 0 aromatic carbocycles. The van der Waals surface area contributed by atoms with E-state index >= 15 is 0 Å². The fraction of sp³-hybridized carbons (Fsp3) is 0.923. The largest absolute Gasteiger partial charge is 0.340 e. The zero-order chi connectivity index (χ0) is 11.7. The van der Waals surface area contributed by atoms with Gasteiger partial charge in [-0.3, -0.25) is 4.79 Å². The van der Waals surface area contributed by atoms with Gasteiger partial charge in [-0.1, -0.05) is 0 Å². The summed E-state index contributed by atoms with van der Waals surface area (Å²) in [5.74, 6) is 0.344. The molecule has 1 atom stereocenters. The molecule has 4 nitrogen and oxygen atoms in total. The summed E-state index contributed by atoms with van der Waals surface area (Å²) in [6, 6.07) is 0.767. The lowest BCUT2D eigenvalue weighted by Gasteiger charge is -2.21. The minimum atomic E-state index is 0.126. The molecule has 1 N–H and O–H groups in total. The SMILES string of the molecule is O=C1C(NC2CC2)CCN1CCN1CCCC1. The summed E-state index contributed by atoms with van der Waals surface area (Å²) in [6.07, 6.45) is 6.20. The summed E-state index contributed by atoms with van der Waals surface area (Å²) >= 11 is 0. The molecule has 0 bridgehead atoms. The third-order valence-electron chi connectivity index (χ3n) is 4.20. The van der Waals surface area contributed by atoms with Gasteiger partial charge in [0.15, 0.2) is 0 Å². The molecule has 17 heavy (non-hydrogen) atoms. The van der Waals surface area contributed by atoms with Crippen molar-refractivity contribution in [3.8, 4) is 0 Å². The second-order valence-corrected chi connectivity index (χ2v) is 5.66. The van der Waals surface area contributed by atoms with E-state index in [1.165, 1.54) is 38.8 Å². The van der Waals surface area contributed by atoms with Crippen LogP contribution in [-0.2, 0) is 4.79 Å². The van der Waals surface area contributed by atoms with E-state index in [0.29, 0.717) is 11.9 Å². The predicted octanol–water partition coefficient (Wildman–Crippen LogP) is 0.435. The van der Waals surface area contributed by atoms with E-state index in [1.807, 2.05) is 0 Å². The van der Waals surface area contributed by atoms with Crippen molar-refractivity contribution >= 4 is 5.91 Å². The molecule has 1 unspecified atom stereocenters. The van der Waals surface area contributed by atoms with Crippen LogP contribution in [0, 0.1) is 0 Å². The summed E-state index contributed by atoms with van der Waals surface area (Å²) in [7, 11) is 0. The van der Waals surface area contributed by atoms with Gasteiger partial charge in [-0.05, 0) is 45.2 Å². The van der Waals surface area contributed by atoms with Crippen LogP contribution in [0.3, 0.4) is 0 Å². The van der Waals surface area contributed by atoms with E-state index in [9.17, 15) is 4.79 Å². The van der Waals surface area contributed by atoms with Crippen LogP contribution >= 0.6 is 0 Å². The van der Waals surface area contributed by atoms with Crippen LogP contribution in [0.2, 0.25) is 0 Å². The van der Waals surface area contributed by atoms with Crippen molar-refractivity contribution in [2.75, 3.05) is 32.7 Å². The lowest BCUT2D eigenvalue weighted by Crippen LogP contribution is -2.41. The van der Waals surface area contributed by atoms with Gasteiger partial charge in [0.25, 0.3) is 0 Å². The minimum absolute atomic E-state index is 0.126. The van der Waals surface area contributed by atoms with Gasteiger partial charge in [0, 0.05) is 25.7 Å². The molecule has 2 aliphatic heterocycles. The Morgan fingerprint density at radius 1 is 1.06 bits per heavy atom. The average molecular weight is 237 g/mol. The van der Waals surface area contributed by atoms with Crippen molar-refractivity contribution in [1.29, 1.82) is 0 Å². The number of hydrogen-bond donors (Lipinski definition) is 1. The Morgan fingerprint density at radius 2 is 1.82 bits per heavy atom.